The Labute approximate surface area is 78.8 Å². The van der Waals surface area contributed by atoms with Crippen molar-refractivity contribution in [2.75, 3.05) is 0 Å². The van der Waals surface area contributed by atoms with E-state index in [0.717, 1.165) is 12.8 Å². The highest BCUT2D eigenvalue weighted by atomic mass is 16.1. The second-order valence-electron chi connectivity index (χ2n) is 3.92. The van der Waals surface area contributed by atoms with E-state index in [-0.39, 0.29) is 5.92 Å². The third kappa shape index (κ3) is 1.39. The lowest BCUT2D eigenvalue weighted by molar-refractivity contribution is -0.125. The molecule has 1 nitrogen and oxygen atoms in total. The van der Waals surface area contributed by atoms with Crippen LogP contribution in [-0.4, -0.2) is 5.78 Å². The normalized spacial score (nSPS) is 21.4. The Bertz CT molecular complexity index is 352. The summed E-state index contributed by atoms with van der Waals surface area (Å²) in [5.74, 6) is 0.618. The zero-order valence-electron chi connectivity index (χ0n) is 8.13. The van der Waals surface area contributed by atoms with Crippen molar-refractivity contribution < 1.29 is 4.79 Å². The summed E-state index contributed by atoms with van der Waals surface area (Å²) in [5, 5.41) is 0. The van der Waals surface area contributed by atoms with Crippen LogP contribution in [0.5, 0.6) is 0 Å². The fourth-order valence-electron chi connectivity index (χ4n) is 1.95. The maximum atomic E-state index is 11.3. The molecule has 0 N–H and O–H groups in total. The van der Waals surface area contributed by atoms with Gasteiger partial charge in [0.25, 0.3) is 0 Å². The number of benzene rings is 1. The highest BCUT2D eigenvalue weighted by Crippen LogP contribution is 2.34. The minimum Gasteiger partial charge on any atom is -0.299 e. The molecular weight excluding hydrogens is 160 g/mol. The van der Waals surface area contributed by atoms with Crippen LogP contribution in [-0.2, 0) is 4.79 Å². The van der Waals surface area contributed by atoms with E-state index in [1.165, 1.54) is 16.7 Å². The Morgan fingerprint density at radius 1 is 1.31 bits per heavy atom. The van der Waals surface area contributed by atoms with Crippen LogP contribution in [0.15, 0.2) is 18.2 Å². The van der Waals surface area contributed by atoms with Crippen molar-refractivity contribution in [2.24, 2.45) is 0 Å². The Kier molecular flexibility index (Phi) is 1.95. The van der Waals surface area contributed by atoms with Gasteiger partial charge in [-0.1, -0.05) is 23.8 Å². The molecule has 13 heavy (non-hydrogen) atoms. The van der Waals surface area contributed by atoms with E-state index in [1.807, 2.05) is 0 Å². The van der Waals surface area contributed by atoms with Crippen molar-refractivity contribution in [3.8, 4) is 0 Å². The Morgan fingerprint density at radius 2 is 2.08 bits per heavy atom. The molecular formula is C12H14O. The first kappa shape index (κ1) is 8.49. The van der Waals surface area contributed by atoms with Crippen LogP contribution in [0.2, 0.25) is 0 Å². The van der Waals surface area contributed by atoms with Gasteiger partial charge in [-0.25, -0.2) is 0 Å². The van der Waals surface area contributed by atoms with E-state index in [9.17, 15) is 4.79 Å². The molecule has 68 valence electrons. The summed E-state index contributed by atoms with van der Waals surface area (Å²) in [6.45, 7) is 4.17. The zero-order valence-corrected chi connectivity index (χ0v) is 8.13. The maximum Gasteiger partial charge on any atom is 0.140 e. The number of hydrogen-bond acceptors (Lipinski definition) is 1. The van der Waals surface area contributed by atoms with Gasteiger partial charge in [0.05, 0.1) is 0 Å². The van der Waals surface area contributed by atoms with Crippen LogP contribution >= 0.6 is 0 Å². The Morgan fingerprint density at radius 3 is 2.54 bits per heavy atom. The van der Waals surface area contributed by atoms with Gasteiger partial charge >= 0.3 is 0 Å². The molecule has 1 aromatic carbocycles. The van der Waals surface area contributed by atoms with Crippen molar-refractivity contribution >= 4 is 5.78 Å². The molecule has 0 heterocycles. The quantitative estimate of drug-likeness (QED) is 0.639. The fraction of sp³-hybridized carbons (Fsp3) is 0.417. The highest BCUT2D eigenvalue weighted by Gasteiger charge is 2.30. The number of hydrogen-bond donors (Lipinski definition) is 0. The molecule has 1 aromatic rings. The molecule has 1 heteroatoms. The van der Waals surface area contributed by atoms with E-state index >= 15 is 0 Å². The minimum absolute atomic E-state index is 0.209. The summed E-state index contributed by atoms with van der Waals surface area (Å²) in [6.07, 6.45) is 1.82. The number of carbonyl (C=O) groups excluding carboxylic acids is 1. The predicted molar refractivity (Wildman–Crippen MR) is 52.9 cm³/mol. The summed E-state index contributed by atoms with van der Waals surface area (Å²) >= 11 is 0. The maximum absolute atomic E-state index is 11.3. The molecule has 0 radical (unpaired) electrons. The number of rotatable bonds is 1. The largest absolute Gasteiger partial charge is 0.299 e. The van der Waals surface area contributed by atoms with Gasteiger partial charge in [0.15, 0.2) is 0 Å². The van der Waals surface area contributed by atoms with Crippen LogP contribution in [0.1, 0.15) is 35.4 Å². The van der Waals surface area contributed by atoms with Crippen molar-refractivity contribution in [3.63, 3.8) is 0 Å². The lowest BCUT2D eigenvalue weighted by atomic mass is 9.77. The summed E-state index contributed by atoms with van der Waals surface area (Å²) in [6, 6.07) is 6.35. The number of aryl methyl sites for hydroxylation is 2. The second-order valence-corrected chi connectivity index (χ2v) is 3.92. The predicted octanol–water partition coefficient (Wildman–Crippen LogP) is 2.75. The van der Waals surface area contributed by atoms with E-state index < -0.39 is 0 Å². The highest BCUT2D eigenvalue weighted by molar-refractivity contribution is 5.91. The van der Waals surface area contributed by atoms with Gasteiger partial charge in [0.1, 0.15) is 5.78 Å². The molecule has 0 spiro atoms. The van der Waals surface area contributed by atoms with Gasteiger partial charge in [-0.05, 0) is 31.4 Å². The number of Topliss-reactive ketones (excluding diaryl/α,β-unsaturated/α-hetero) is 1. The molecule has 1 atom stereocenters. The van der Waals surface area contributed by atoms with Gasteiger partial charge < -0.3 is 0 Å². The topological polar surface area (TPSA) is 17.1 Å². The van der Waals surface area contributed by atoms with E-state index in [4.69, 9.17) is 0 Å². The first-order chi connectivity index (χ1) is 6.18. The molecule has 0 bridgehead atoms. The van der Waals surface area contributed by atoms with E-state index in [1.54, 1.807) is 0 Å². The molecule has 1 saturated carbocycles. The molecule has 2 rings (SSSR count). The standard InChI is InChI=1S/C12H14O/c1-8-3-4-10(9(2)7-8)11-5-6-12(11)13/h3-4,7,11H,5-6H2,1-2H3. The molecule has 0 aromatic heterocycles. The average Bonchev–Trinajstić information content (AvgIpc) is 2.07. The molecule has 0 saturated heterocycles. The molecule has 0 aliphatic heterocycles. The molecule has 0 amide bonds. The van der Waals surface area contributed by atoms with E-state index in [2.05, 4.69) is 32.0 Å². The van der Waals surface area contributed by atoms with Crippen LogP contribution in [0.25, 0.3) is 0 Å². The molecule has 1 unspecified atom stereocenters. The number of carbonyl (C=O) groups is 1. The van der Waals surface area contributed by atoms with Crippen LogP contribution in [0.3, 0.4) is 0 Å². The third-order valence-corrected chi connectivity index (χ3v) is 2.87. The molecule has 1 aliphatic carbocycles. The summed E-state index contributed by atoms with van der Waals surface area (Å²) in [4.78, 5) is 11.3. The fourth-order valence-corrected chi connectivity index (χ4v) is 1.95. The van der Waals surface area contributed by atoms with Crippen molar-refractivity contribution in [1.29, 1.82) is 0 Å². The van der Waals surface area contributed by atoms with Gasteiger partial charge in [-0.2, -0.15) is 0 Å². The summed E-state index contributed by atoms with van der Waals surface area (Å²) in [5.41, 5.74) is 3.77. The SMILES string of the molecule is Cc1ccc(C2CCC2=O)c(C)c1. The number of ketones is 1. The van der Waals surface area contributed by atoms with Crippen LogP contribution < -0.4 is 0 Å². The van der Waals surface area contributed by atoms with Gasteiger partial charge in [-0.3, -0.25) is 4.79 Å². The first-order valence-corrected chi connectivity index (χ1v) is 4.78. The van der Waals surface area contributed by atoms with E-state index in [0.29, 0.717) is 5.78 Å². The molecule has 1 fully saturated rings. The van der Waals surface area contributed by atoms with Crippen LogP contribution in [0, 0.1) is 13.8 Å². The van der Waals surface area contributed by atoms with Gasteiger partial charge in [0, 0.05) is 12.3 Å². The van der Waals surface area contributed by atoms with Crippen LogP contribution in [0.4, 0.5) is 0 Å². The Balaban J connectivity index is 2.35. The van der Waals surface area contributed by atoms with Crippen molar-refractivity contribution in [1.82, 2.24) is 0 Å². The monoisotopic (exact) mass is 174 g/mol. The lowest BCUT2D eigenvalue weighted by Gasteiger charge is -2.25. The third-order valence-electron chi connectivity index (χ3n) is 2.87. The average molecular weight is 174 g/mol. The van der Waals surface area contributed by atoms with Crippen molar-refractivity contribution in [2.45, 2.75) is 32.6 Å². The van der Waals surface area contributed by atoms with Gasteiger partial charge in [-0.15, -0.1) is 0 Å². The first-order valence-electron chi connectivity index (χ1n) is 4.78. The smallest absolute Gasteiger partial charge is 0.140 e. The van der Waals surface area contributed by atoms with Gasteiger partial charge in [0.2, 0.25) is 0 Å². The zero-order chi connectivity index (χ0) is 9.42. The summed E-state index contributed by atoms with van der Waals surface area (Å²) < 4.78 is 0. The Hall–Kier alpha value is -1.11. The minimum atomic E-state index is 0.209. The molecule has 1 aliphatic rings. The summed E-state index contributed by atoms with van der Waals surface area (Å²) in [7, 11) is 0. The lowest BCUT2D eigenvalue weighted by Crippen LogP contribution is -2.23. The van der Waals surface area contributed by atoms with Crippen molar-refractivity contribution in [3.05, 3.63) is 34.9 Å². The second kappa shape index (κ2) is 2.99.